The molecular formula is C16H26N2O7S. The van der Waals surface area contributed by atoms with Gasteiger partial charge in [0.1, 0.15) is 18.1 Å². The van der Waals surface area contributed by atoms with Crippen LogP contribution < -0.4 is 0 Å². The second-order valence-corrected chi connectivity index (χ2v) is 7.17. The molecule has 1 rings (SSSR count). The molecule has 0 amide bonds. The van der Waals surface area contributed by atoms with Gasteiger partial charge in [0.05, 0.1) is 6.54 Å². The molecule has 1 aliphatic heterocycles. The first-order valence-electron chi connectivity index (χ1n) is 8.11. The van der Waals surface area contributed by atoms with E-state index >= 15 is 0 Å². The Balaban J connectivity index is 3.22. The van der Waals surface area contributed by atoms with E-state index in [1.165, 1.54) is 32.5 Å². The SMILES string of the molecule is CC(=O)OC[C@H]1OC(C)SC(N(C)C)=NC[C@@H](OC(C)=O)[C@@H]1OC(C)=O. The molecule has 0 fully saturated rings. The molecule has 0 radical (unpaired) electrons. The number of aliphatic imine (C=N–C) groups is 1. The molecule has 1 aliphatic rings. The van der Waals surface area contributed by atoms with Crippen LogP contribution in [0.2, 0.25) is 0 Å². The van der Waals surface area contributed by atoms with Crippen molar-refractivity contribution in [3.8, 4) is 0 Å². The second kappa shape index (κ2) is 10.4. The van der Waals surface area contributed by atoms with Gasteiger partial charge in [-0.25, -0.2) is 0 Å². The summed E-state index contributed by atoms with van der Waals surface area (Å²) in [6, 6.07) is 0. The van der Waals surface area contributed by atoms with Gasteiger partial charge in [0.15, 0.2) is 17.4 Å². The Morgan fingerprint density at radius 3 is 2.27 bits per heavy atom. The van der Waals surface area contributed by atoms with Gasteiger partial charge in [-0.15, -0.1) is 0 Å². The highest BCUT2D eigenvalue weighted by Gasteiger charge is 2.38. The highest BCUT2D eigenvalue weighted by Crippen LogP contribution is 2.24. The van der Waals surface area contributed by atoms with Crippen molar-refractivity contribution in [2.24, 2.45) is 4.99 Å². The first-order valence-corrected chi connectivity index (χ1v) is 8.99. The third-order valence-electron chi connectivity index (χ3n) is 3.23. The number of carbonyl (C=O) groups is 3. The molecule has 4 atom stereocenters. The number of esters is 3. The fourth-order valence-electron chi connectivity index (χ4n) is 2.29. The average Bonchev–Trinajstić information content (AvgIpc) is 2.55. The highest BCUT2D eigenvalue weighted by molar-refractivity contribution is 8.14. The molecule has 26 heavy (non-hydrogen) atoms. The van der Waals surface area contributed by atoms with E-state index in [0.29, 0.717) is 5.17 Å². The van der Waals surface area contributed by atoms with Crippen molar-refractivity contribution in [2.75, 3.05) is 27.2 Å². The van der Waals surface area contributed by atoms with E-state index in [1.54, 1.807) is 6.92 Å². The molecule has 1 heterocycles. The van der Waals surface area contributed by atoms with Crippen LogP contribution in [-0.4, -0.2) is 79.0 Å². The van der Waals surface area contributed by atoms with Crippen LogP contribution in [0.3, 0.4) is 0 Å². The van der Waals surface area contributed by atoms with Crippen LogP contribution in [-0.2, 0) is 33.3 Å². The summed E-state index contributed by atoms with van der Waals surface area (Å²) >= 11 is 1.35. The Morgan fingerprint density at radius 1 is 1.15 bits per heavy atom. The van der Waals surface area contributed by atoms with Crippen molar-refractivity contribution in [1.82, 2.24) is 4.90 Å². The second-order valence-electron chi connectivity index (χ2n) is 5.90. The predicted molar refractivity (Wildman–Crippen MR) is 95.7 cm³/mol. The molecule has 9 nitrogen and oxygen atoms in total. The Kier molecular flexibility index (Phi) is 8.86. The molecular weight excluding hydrogens is 364 g/mol. The molecule has 0 saturated carbocycles. The lowest BCUT2D eigenvalue weighted by molar-refractivity contribution is -0.184. The third kappa shape index (κ3) is 7.61. The van der Waals surface area contributed by atoms with Crippen molar-refractivity contribution < 1.29 is 33.3 Å². The Hall–Kier alpha value is -1.81. The number of amidine groups is 1. The molecule has 0 spiro atoms. The Morgan fingerprint density at radius 2 is 1.77 bits per heavy atom. The summed E-state index contributed by atoms with van der Waals surface area (Å²) in [5.41, 5.74) is -0.370. The molecule has 0 aromatic heterocycles. The molecule has 0 N–H and O–H groups in total. The van der Waals surface area contributed by atoms with Gasteiger partial charge in [-0.05, 0) is 6.92 Å². The van der Waals surface area contributed by atoms with Gasteiger partial charge in [-0.2, -0.15) is 0 Å². The molecule has 0 aromatic carbocycles. The van der Waals surface area contributed by atoms with E-state index in [1.807, 2.05) is 19.0 Å². The van der Waals surface area contributed by atoms with E-state index in [-0.39, 0.29) is 18.6 Å². The molecule has 0 aliphatic carbocycles. The summed E-state index contributed by atoms with van der Waals surface area (Å²) in [4.78, 5) is 40.6. The normalized spacial score (nSPS) is 26.5. The van der Waals surface area contributed by atoms with Crippen LogP contribution in [0.15, 0.2) is 4.99 Å². The van der Waals surface area contributed by atoms with Crippen LogP contribution in [0.25, 0.3) is 0 Å². The minimum Gasteiger partial charge on any atom is -0.463 e. The van der Waals surface area contributed by atoms with Gasteiger partial charge in [-0.3, -0.25) is 19.4 Å². The smallest absolute Gasteiger partial charge is 0.303 e. The first-order chi connectivity index (χ1) is 12.1. The largest absolute Gasteiger partial charge is 0.463 e. The van der Waals surface area contributed by atoms with E-state index in [0.717, 1.165) is 0 Å². The van der Waals surface area contributed by atoms with Gasteiger partial charge in [0, 0.05) is 34.9 Å². The van der Waals surface area contributed by atoms with Crippen molar-refractivity contribution in [3.63, 3.8) is 0 Å². The number of hydrogen-bond acceptors (Lipinski definition) is 10. The first kappa shape index (κ1) is 22.2. The van der Waals surface area contributed by atoms with Crippen molar-refractivity contribution in [2.45, 2.75) is 51.4 Å². The lowest BCUT2D eigenvalue weighted by Gasteiger charge is -2.31. The standard InChI is InChI=1S/C16H26N2O7S/c1-9(19)22-8-14-15(24-11(3)21)13(23-10(2)20)7-17-16(18(5)6)26-12(4)25-14/h12-15H,7-8H2,1-6H3/t12?,13-,14-,15+/m1/s1. The van der Waals surface area contributed by atoms with Crippen LogP contribution in [0.5, 0.6) is 0 Å². The van der Waals surface area contributed by atoms with Crippen LogP contribution in [0, 0.1) is 0 Å². The van der Waals surface area contributed by atoms with Crippen LogP contribution in [0.4, 0.5) is 0 Å². The molecule has 0 aromatic rings. The molecule has 0 bridgehead atoms. The number of hydrogen-bond donors (Lipinski definition) is 0. The maximum atomic E-state index is 11.6. The lowest BCUT2D eigenvalue weighted by Crippen LogP contribution is -2.48. The van der Waals surface area contributed by atoms with Gasteiger partial charge in [0.25, 0.3) is 0 Å². The van der Waals surface area contributed by atoms with E-state index in [9.17, 15) is 14.4 Å². The molecule has 148 valence electrons. The summed E-state index contributed by atoms with van der Waals surface area (Å²) in [5, 5.41) is 0.671. The van der Waals surface area contributed by atoms with E-state index < -0.39 is 36.2 Å². The fraction of sp³-hybridized carbons (Fsp3) is 0.750. The quantitative estimate of drug-likeness (QED) is 0.509. The molecule has 0 saturated heterocycles. The zero-order valence-electron chi connectivity index (χ0n) is 15.9. The monoisotopic (exact) mass is 390 g/mol. The van der Waals surface area contributed by atoms with E-state index in [2.05, 4.69) is 4.99 Å². The number of carbonyl (C=O) groups excluding carboxylic acids is 3. The van der Waals surface area contributed by atoms with E-state index in [4.69, 9.17) is 18.9 Å². The number of nitrogens with zero attached hydrogens (tertiary/aromatic N) is 2. The topological polar surface area (TPSA) is 104 Å². The summed E-state index contributed by atoms with van der Waals surface area (Å²) in [7, 11) is 3.66. The van der Waals surface area contributed by atoms with Gasteiger partial charge < -0.3 is 23.8 Å². The van der Waals surface area contributed by atoms with Crippen molar-refractivity contribution in [1.29, 1.82) is 0 Å². The number of thioether (sulfide) groups is 1. The highest BCUT2D eigenvalue weighted by atomic mass is 32.2. The summed E-state index contributed by atoms with van der Waals surface area (Å²) in [6.45, 7) is 5.50. The summed E-state index contributed by atoms with van der Waals surface area (Å²) in [6.07, 6.45) is -2.66. The number of rotatable bonds is 4. The Labute approximate surface area is 157 Å². The van der Waals surface area contributed by atoms with Gasteiger partial charge in [-0.1, -0.05) is 11.8 Å². The fourth-order valence-corrected chi connectivity index (χ4v) is 3.14. The minimum absolute atomic E-state index is 0.0741. The zero-order valence-corrected chi connectivity index (χ0v) is 16.7. The predicted octanol–water partition coefficient (Wildman–Crippen LogP) is 0.808. The molecule has 10 heteroatoms. The minimum atomic E-state index is -0.968. The summed E-state index contributed by atoms with van der Waals surface area (Å²) in [5.74, 6) is -1.61. The van der Waals surface area contributed by atoms with Gasteiger partial charge >= 0.3 is 17.9 Å². The van der Waals surface area contributed by atoms with Crippen LogP contribution >= 0.6 is 11.8 Å². The molecule has 1 unspecified atom stereocenters. The summed E-state index contributed by atoms with van der Waals surface area (Å²) < 4.78 is 21.7. The maximum absolute atomic E-state index is 11.6. The van der Waals surface area contributed by atoms with Crippen molar-refractivity contribution in [3.05, 3.63) is 0 Å². The average molecular weight is 390 g/mol. The number of ether oxygens (including phenoxy) is 4. The van der Waals surface area contributed by atoms with Crippen molar-refractivity contribution >= 4 is 34.8 Å². The maximum Gasteiger partial charge on any atom is 0.303 e. The van der Waals surface area contributed by atoms with Crippen LogP contribution in [0.1, 0.15) is 27.7 Å². The Bertz CT molecular complexity index is 553. The zero-order chi connectivity index (χ0) is 19.9. The lowest BCUT2D eigenvalue weighted by atomic mass is 10.1. The van der Waals surface area contributed by atoms with Gasteiger partial charge in [0.2, 0.25) is 0 Å². The third-order valence-corrected chi connectivity index (χ3v) is 4.38.